The lowest BCUT2D eigenvalue weighted by molar-refractivity contribution is -0.0691. The SMILES string of the molecule is COc1cc2c(cc1O[Si](C(C)C)(C(C)C)C(C)C)CN1CC[C@]3(O[Si](C)(C)C(C)(C)C)[C@H]1[C@H]2[C@H](O)C[C@@H]3S(=O)(=O)c1ccccc1OC. The van der Waals surface area contributed by atoms with Gasteiger partial charge in [-0.2, -0.15) is 0 Å². The number of sulfone groups is 1. The highest BCUT2D eigenvalue weighted by molar-refractivity contribution is 7.92. The monoisotopic (exact) mass is 731 g/mol. The second-order valence-corrected chi connectivity index (χ2v) is 29.3. The van der Waals surface area contributed by atoms with E-state index in [2.05, 4.69) is 92.4 Å². The van der Waals surface area contributed by atoms with Crippen LogP contribution < -0.4 is 13.9 Å². The normalized spacial score (nSPS) is 26.2. The molecule has 8 nitrogen and oxygen atoms in total. The molecule has 1 aliphatic carbocycles. The van der Waals surface area contributed by atoms with Gasteiger partial charge in [0.2, 0.25) is 0 Å². The summed E-state index contributed by atoms with van der Waals surface area (Å²) in [7, 11) is -5.63. The third kappa shape index (κ3) is 6.11. The first-order chi connectivity index (χ1) is 22.7. The number of methoxy groups -OCH3 is 2. The van der Waals surface area contributed by atoms with Gasteiger partial charge in [0.15, 0.2) is 23.9 Å². The number of fused-ring (bicyclic) bond motifs is 2. The van der Waals surface area contributed by atoms with Crippen LogP contribution in [-0.2, 0) is 20.8 Å². The van der Waals surface area contributed by atoms with Gasteiger partial charge in [-0.15, -0.1) is 0 Å². The third-order valence-corrected chi connectivity index (χ3v) is 25.4. The highest BCUT2D eigenvalue weighted by atomic mass is 32.2. The first kappa shape index (κ1) is 38.3. The lowest BCUT2D eigenvalue weighted by atomic mass is 9.67. The maximum atomic E-state index is 14.9. The zero-order valence-corrected chi connectivity index (χ0v) is 34.9. The van der Waals surface area contributed by atoms with Crippen molar-refractivity contribution in [3.05, 3.63) is 47.5 Å². The van der Waals surface area contributed by atoms with Crippen molar-refractivity contribution in [2.45, 2.75) is 150 Å². The van der Waals surface area contributed by atoms with Crippen molar-refractivity contribution in [2.24, 2.45) is 0 Å². The maximum Gasteiger partial charge on any atom is 0.258 e. The maximum absolute atomic E-state index is 14.9. The molecule has 2 aromatic carbocycles. The van der Waals surface area contributed by atoms with Crippen molar-refractivity contribution >= 4 is 26.5 Å². The molecule has 1 saturated carbocycles. The fourth-order valence-electron chi connectivity index (χ4n) is 9.40. The number of rotatable bonds is 11. The van der Waals surface area contributed by atoms with Crippen molar-refractivity contribution in [2.75, 3.05) is 20.8 Å². The summed E-state index contributed by atoms with van der Waals surface area (Å²) in [5, 5.41) is 11.1. The lowest BCUT2D eigenvalue weighted by Crippen LogP contribution is -2.69. The second kappa shape index (κ2) is 13.3. The number of hydrogen-bond donors (Lipinski definition) is 1. The quantitative estimate of drug-likeness (QED) is 0.231. The Bertz CT molecular complexity index is 1620. The molecule has 0 bridgehead atoms. The van der Waals surface area contributed by atoms with E-state index < -0.39 is 43.4 Å². The molecule has 0 amide bonds. The summed E-state index contributed by atoms with van der Waals surface area (Å²) in [6, 6.07) is 10.7. The average Bonchev–Trinajstić information content (AvgIpc) is 3.37. The van der Waals surface area contributed by atoms with Gasteiger partial charge in [-0.05, 0) is 83.0 Å². The van der Waals surface area contributed by atoms with Gasteiger partial charge in [0.1, 0.15) is 16.4 Å². The Labute approximate surface area is 298 Å². The van der Waals surface area contributed by atoms with E-state index in [1.807, 2.05) is 0 Å². The van der Waals surface area contributed by atoms with Gasteiger partial charge >= 0.3 is 0 Å². The summed E-state index contributed by atoms with van der Waals surface area (Å²) >= 11 is 0. The number of ether oxygens (including phenoxy) is 2. The average molecular weight is 732 g/mol. The van der Waals surface area contributed by atoms with E-state index in [0.717, 1.165) is 16.9 Å². The summed E-state index contributed by atoms with van der Waals surface area (Å²) in [6.07, 6.45) is -0.291. The van der Waals surface area contributed by atoms with Gasteiger partial charge in [0.25, 0.3) is 8.32 Å². The largest absolute Gasteiger partial charge is 0.540 e. The summed E-state index contributed by atoms with van der Waals surface area (Å²) in [4.78, 5) is 2.53. The molecule has 0 aromatic heterocycles. The predicted molar refractivity (Wildman–Crippen MR) is 202 cm³/mol. The first-order valence-electron chi connectivity index (χ1n) is 18.1. The number of hydrogen-bond acceptors (Lipinski definition) is 8. The Morgan fingerprint density at radius 2 is 1.51 bits per heavy atom. The molecular weight excluding hydrogens is 671 g/mol. The van der Waals surface area contributed by atoms with E-state index in [4.69, 9.17) is 18.3 Å². The molecule has 1 N–H and O–H groups in total. The zero-order chi connectivity index (χ0) is 36.5. The van der Waals surface area contributed by atoms with Crippen LogP contribution in [0, 0.1) is 0 Å². The van der Waals surface area contributed by atoms with Crippen molar-refractivity contribution < 1.29 is 31.9 Å². The van der Waals surface area contributed by atoms with Crippen molar-refractivity contribution in [1.82, 2.24) is 4.90 Å². The molecule has 3 aliphatic rings. The molecule has 5 rings (SSSR count). The van der Waals surface area contributed by atoms with E-state index >= 15 is 0 Å². The van der Waals surface area contributed by atoms with E-state index in [1.54, 1.807) is 31.4 Å². The lowest BCUT2D eigenvalue weighted by Gasteiger charge is -2.57. The van der Waals surface area contributed by atoms with Gasteiger partial charge in [0.05, 0.1) is 31.2 Å². The molecule has 2 aromatic rings. The van der Waals surface area contributed by atoms with E-state index in [-0.39, 0.29) is 28.3 Å². The summed E-state index contributed by atoms with van der Waals surface area (Å²) in [6.45, 7) is 26.0. The minimum absolute atomic E-state index is 0.0636. The second-order valence-electron chi connectivity index (χ2n) is 17.1. The van der Waals surface area contributed by atoms with Gasteiger partial charge in [0, 0.05) is 25.0 Å². The van der Waals surface area contributed by atoms with Crippen LogP contribution in [0.25, 0.3) is 0 Å². The molecule has 1 saturated heterocycles. The molecule has 0 radical (unpaired) electrons. The topological polar surface area (TPSA) is 94.5 Å². The standard InChI is InChI=1S/C38H61NO7SSi2/c1-24(2)49(25(3)4,26(5)6)45-32-20-27-23-39-19-18-38(46-48(12,13)37(7,8)9)34(47(41,42)33-17-15-14-16-30(33)43-10)22-29(40)35(36(38)39)28(27)21-31(32)44-11/h14-17,20-21,24-26,29,34-36,40H,18-19,22-23H2,1-13H3/t29-,34+,35-,36-,38-/m1/s1. The number of nitrogens with zero attached hydrogens (tertiary/aromatic N) is 1. The zero-order valence-electron chi connectivity index (χ0n) is 32.1. The number of aliphatic hydroxyl groups excluding tert-OH is 1. The van der Waals surface area contributed by atoms with Crippen molar-refractivity contribution in [1.29, 1.82) is 0 Å². The minimum atomic E-state index is -4.00. The van der Waals surface area contributed by atoms with Crippen LogP contribution >= 0.6 is 0 Å². The molecule has 274 valence electrons. The molecular formula is C38H61NO7SSi2. The van der Waals surface area contributed by atoms with Gasteiger partial charge in [-0.1, -0.05) is 74.4 Å². The molecule has 11 heteroatoms. The van der Waals surface area contributed by atoms with Crippen LogP contribution in [0.4, 0.5) is 0 Å². The predicted octanol–water partition coefficient (Wildman–Crippen LogP) is 8.30. The molecule has 5 atom stereocenters. The minimum Gasteiger partial charge on any atom is -0.540 e. The number of benzene rings is 2. The molecule has 2 aliphatic heterocycles. The molecule has 49 heavy (non-hydrogen) atoms. The van der Waals surface area contributed by atoms with Crippen LogP contribution in [0.2, 0.25) is 34.8 Å². The highest BCUT2D eigenvalue weighted by Crippen LogP contribution is 2.59. The van der Waals surface area contributed by atoms with Crippen molar-refractivity contribution in [3.8, 4) is 17.2 Å². The Kier molecular flexibility index (Phi) is 10.4. The fraction of sp³-hybridized carbons (Fsp3) is 0.684. The van der Waals surface area contributed by atoms with Crippen LogP contribution in [-0.4, -0.2) is 78.8 Å². The summed E-state index contributed by atoms with van der Waals surface area (Å²) in [5.74, 6) is 1.39. The summed E-state index contributed by atoms with van der Waals surface area (Å²) in [5.41, 5.74) is 2.26. The van der Waals surface area contributed by atoms with Gasteiger partial charge in [-0.3, -0.25) is 4.90 Å². The third-order valence-electron chi connectivity index (χ3n) is 12.6. The van der Waals surface area contributed by atoms with Crippen LogP contribution in [0.15, 0.2) is 41.3 Å². The van der Waals surface area contributed by atoms with Crippen LogP contribution in [0.3, 0.4) is 0 Å². The van der Waals surface area contributed by atoms with E-state index in [9.17, 15) is 13.5 Å². The molecule has 2 heterocycles. The fourth-order valence-corrected chi connectivity index (χ4v) is 18.6. The van der Waals surface area contributed by atoms with Crippen molar-refractivity contribution in [3.63, 3.8) is 0 Å². The van der Waals surface area contributed by atoms with Crippen LogP contribution in [0.1, 0.15) is 92.2 Å². The van der Waals surface area contributed by atoms with Crippen LogP contribution in [0.5, 0.6) is 17.2 Å². The Hall–Kier alpha value is -1.90. The Balaban J connectivity index is 1.69. The summed E-state index contributed by atoms with van der Waals surface area (Å²) < 4.78 is 56.1. The number of para-hydroxylation sites is 1. The first-order valence-corrected chi connectivity index (χ1v) is 24.7. The molecule has 0 spiro atoms. The van der Waals surface area contributed by atoms with Gasteiger partial charge in [-0.25, -0.2) is 8.42 Å². The Morgan fingerprint density at radius 1 is 0.918 bits per heavy atom. The smallest absolute Gasteiger partial charge is 0.258 e. The Morgan fingerprint density at radius 3 is 2.06 bits per heavy atom. The highest BCUT2D eigenvalue weighted by Gasteiger charge is 2.67. The van der Waals surface area contributed by atoms with E-state index in [1.165, 1.54) is 7.11 Å². The molecule has 2 fully saturated rings. The van der Waals surface area contributed by atoms with Gasteiger partial charge < -0.3 is 23.4 Å². The number of aliphatic hydroxyl groups is 1. The molecule has 0 unspecified atom stereocenters. The van der Waals surface area contributed by atoms with E-state index in [0.29, 0.717) is 47.6 Å².